The van der Waals surface area contributed by atoms with Crippen molar-refractivity contribution in [3.63, 3.8) is 0 Å². The van der Waals surface area contributed by atoms with Crippen molar-refractivity contribution in [2.45, 2.75) is 45.1 Å². The van der Waals surface area contributed by atoms with Crippen LogP contribution in [0.4, 0.5) is 0 Å². The van der Waals surface area contributed by atoms with Crippen LogP contribution in [0, 0.1) is 0 Å². The number of carbonyl (C=O) groups excluding carboxylic acids is 1. The molecule has 1 amide bonds. The molecule has 1 unspecified atom stereocenters. The molecule has 20 heavy (non-hydrogen) atoms. The number of aromatic amines is 1. The summed E-state index contributed by atoms with van der Waals surface area (Å²) in [5.74, 6) is 0.716. The maximum Gasteiger partial charge on any atom is 0.219 e. The molecule has 1 aromatic carbocycles. The minimum Gasteiger partial charge on any atom is -0.361 e. The van der Waals surface area contributed by atoms with Gasteiger partial charge in [0.2, 0.25) is 5.91 Å². The average Bonchev–Trinajstić information content (AvgIpc) is 2.84. The van der Waals surface area contributed by atoms with Crippen LogP contribution < -0.4 is 0 Å². The van der Waals surface area contributed by atoms with E-state index in [1.165, 1.54) is 16.5 Å². The Morgan fingerprint density at radius 1 is 1.35 bits per heavy atom. The molecule has 0 saturated carbocycles. The monoisotopic (exact) mass is 270 g/mol. The standard InChI is InChI=1S/C17H22N2O/c1-12(20)19-10-8-13(11-17(19,2)3)14-5-4-6-16-15(14)7-9-18-16/h4-7,9,13,18H,8,10-11H2,1-3H3. The van der Waals surface area contributed by atoms with Crippen molar-refractivity contribution in [1.82, 2.24) is 9.88 Å². The summed E-state index contributed by atoms with van der Waals surface area (Å²) in [6, 6.07) is 8.64. The van der Waals surface area contributed by atoms with Gasteiger partial charge in [-0.05, 0) is 50.3 Å². The molecular weight excluding hydrogens is 248 g/mol. The van der Waals surface area contributed by atoms with Crippen LogP contribution in [-0.4, -0.2) is 27.9 Å². The Morgan fingerprint density at radius 3 is 2.85 bits per heavy atom. The zero-order chi connectivity index (χ0) is 14.3. The van der Waals surface area contributed by atoms with Crippen molar-refractivity contribution >= 4 is 16.8 Å². The zero-order valence-electron chi connectivity index (χ0n) is 12.4. The number of rotatable bonds is 1. The Labute approximate surface area is 120 Å². The molecule has 1 atom stereocenters. The SMILES string of the molecule is CC(=O)N1CCC(c2cccc3[nH]ccc23)CC1(C)C. The van der Waals surface area contributed by atoms with E-state index in [1.807, 2.05) is 11.1 Å². The van der Waals surface area contributed by atoms with Gasteiger partial charge >= 0.3 is 0 Å². The highest BCUT2D eigenvalue weighted by molar-refractivity contribution is 5.83. The molecule has 0 bridgehead atoms. The molecule has 3 heteroatoms. The van der Waals surface area contributed by atoms with E-state index in [0.717, 1.165) is 19.4 Å². The number of carbonyl (C=O) groups is 1. The molecule has 2 heterocycles. The first-order valence-electron chi connectivity index (χ1n) is 7.33. The van der Waals surface area contributed by atoms with Crippen molar-refractivity contribution in [2.24, 2.45) is 0 Å². The Bertz CT molecular complexity index is 641. The molecule has 106 valence electrons. The van der Waals surface area contributed by atoms with Gasteiger partial charge in [0.15, 0.2) is 0 Å². The van der Waals surface area contributed by atoms with Gasteiger partial charge in [0.05, 0.1) is 0 Å². The maximum atomic E-state index is 11.7. The lowest BCUT2D eigenvalue weighted by Gasteiger charge is -2.45. The van der Waals surface area contributed by atoms with E-state index in [9.17, 15) is 4.79 Å². The smallest absolute Gasteiger partial charge is 0.219 e. The second kappa shape index (κ2) is 4.65. The molecule has 1 N–H and O–H groups in total. The van der Waals surface area contributed by atoms with E-state index in [2.05, 4.69) is 43.1 Å². The first-order valence-corrected chi connectivity index (χ1v) is 7.33. The minimum absolute atomic E-state index is 0.0623. The first-order chi connectivity index (χ1) is 9.49. The normalized spacial score (nSPS) is 22.1. The quantitative estimate of drug-likeness (QED) is 0.843. The van der Waals surface area contributed by atoms with Gasteiger partial charge in [0.1, 0.15) is 0 Å². The molecule has 1 aromatic heterocycles. The van der Waals surface area contributed by atoms with E-state index in [4.69, 9.17) is 0 Å². The predicted octanol–water partition coefficient (Wildman–Crippen LogP) is 3.67. The number of aromatic nitrogens is 1. The van der Waals surface area contributed by atoms with Crippen molar-refractivity contribution in [2.75, 3.05) is 6.54 Å². The van der Waals surface area contributed by atoms with Crippen LogP contribution in [0.15, 0.2) is 30.5 Å². The van der Waals surface area contributed by atoms with Crippen molar-refractivity contribution in [3.05, 3.63) is 36.0 Å². The zero-order valence-corrected chi connectivity index (χ0v) is 12.4. The van der Waals surface area contributed by atoms with Crippen molar-refractivity contribution in [1.29, 1.82) is 0 Å². The van der Waals surface area contributed by atoms with Crippen LogP contribution in [0.1, 0.15) is 45.1 Å². The molecule has 1 fully saturated rings. The summed E-state index contributed by atoms with van der Waals surface area (Å²) in [5.41, 5.74) is 2.56. The van der Waals surface area contributed by atoms with Crippen LogP contribution in [0.5, 0.6) is 0 Å². The van der Waals surface area contributed by atoms with Gasteiger partial charge in [0.25, 0.3) is 0 Å². The number of hydrogen-bond donors (Lipinski definition) is 1. The summed E-state index contributed by atoms with van der Waals surface area (Å²) >= 11 is 0. The van der Waals surface area contributed by atoms with E-state index in [-0.39, 0.29) is 11.4 Å². The van der Waals surface area contributed by atoms with Crippen molar-refractivity contribution in [3.8, 4) is 0 Å². The number of benzene rings is 1. The predicted molar refractivity (Wildman–Crippen MR) is 81.7 cm³/mol. The highest BCUT2D eigenvalue weighted by Gasteiger charge is 2.37. The topological polar surface area (TPSA) is 36.1 Å². The van der Waals surface area contributed by atoms with Gasteiger partial charge in [-0.15, -0.1) is 0 Å². The summed E-state index contributed by atoms with van der Waals surface area (Å²) in [6.45, 7) is 6.89. The molecule has 1 aliphatic heterocycles. The van der Waals surface area contributed by atoms with E-state index in [0.29, 0.717) is 5.92 Å². The van der Waals surface area contributed by atoms with Gasteiger partial charge in [-0.25, -0.2) is 0 Å². The number of fused-ring (bicyclic) bond motifs is 1. The van der Waals surface area contributed by atoms with Gasteiger partial charge in [-0.3, -0.25) is 4.79 Å². The van der Waals surface area contributed by atoms with E-state index >= 15 is 0 Å². The highest BCUT2D eigenvalue weighted by Crippen LogP contribution is 2.39. The maximum absolute atomic E-state index is 11.7. The summed E-state index contributed by atoms with van der Waals surface area (Å²) in [6.07, 6.45) is 4.08. The molecule has 0 spiro atoms. The number of hydrogen-bond acceptors (Lipinski definition) is 1. The molecular formula is C17H22N2O. The second-order valence-electron chi connectivity index (χ2n) is 6.46. The fraction of sp³-hybridized carbons (Fsp3) is 0.471. The Kier molecular flexibility index (Phi) is 3.08. The third-order valence-electron chi connectivity index (χ3n) is 4.63. The summed E-state index contributed by atoms with van der Waals surface area (Å²) in [5, 5.41) is 1.32. The molecule has 3 rings (SSSR count). The molecule has 3 nitrogen and oxygen atoms in total. The highest BCUT2D eigenvalue weighted by atomic mass is 16.2. The third kappa shape index (κ3) is 2.11. The van der Waals surface area contributed by atoms with Gasteiger partial charge in [-0.2, -0.15) is 0 Å². The minimum atomic E-state index is -0.0623. The van der Waals surface area contributed by atoms with Gasteiger partial charge < -0.3 is 9.88 Å². The number of likely N-dealkylation sites (tertiary alicyclic amines) is 1. The number of nitrogens with one attached hydrogen (secondary N) is 1. The molecule has 2 aromatic rings. The molecule has 0 radical (unpaired) electrons. The number of H-pyrrole nitrogens is 1. The first kappa shape index (κ1) is 13.2. The van der Waals surface area contributed by atoms with Gasteiger partial charge in [-0.1, -0.05) is 12.1 Å². The lowest BCUT2D eigenvalue weighted by atomic mass is 9.78. The van der Waals surface area contributed by atoms with Crippen LogP contribution in [0.2, 0.25) is 0 Å². The number of amides is 1. The summed E-state index contributed by atoms with van der Waals surface area (Å²) < 4.78 is 0. The Hall–Kier alpha value is -1.77. The molecule has 1 aliphatic rings. The lowest BCUT2D eigenvalue weighted by Crippen LogP contribution is -2.51. The van der Waals surface area contributed by atoms with E-state index < -0.39 is 0 Å². The summed E-state index contributed by atoms with van der Waals surface area (Å²) in [4.78, 5) is 17.0. The fourth-order valence-corrected chi connectivity index (χ4v) is 3.72. The lowest BCUT2D eigenvalue weighted by molar-refractivity contribution is -0.136. The Morgan fingerprint density at radius 2 is 2.15 bits per heavy atom. The van der Waals surface area contributed by atoms with Crippen LogP contribution >= 0.6 is 0 Å². The largest absolute Gasteiger partial charge is 0.361 e. The van der Waals surface area contributed by atoms with Crippen LogP contribution in [-0.2, 0) is 4.79 Å². The molecule has 1 saturated heterocycles. The van der Waals surface area contributed by atoms with E-state index in [1.54, 1.807) is 6.92 Å². The van der Waals surface area contributed by atoms with Gasteiger partial charge in [0, 0.05) is 36.1 Å². The fourth-order valence-electron chi connectivity index (χ4n) is 3.72. The number of nitrogens with zero attached hydrogens (tertiary/aromatic N) is 1. The molecule has 0 aliphatic carbocycles. The van der Waals surface area contributed by atoms with Crippen LogP contribution in [0.3, 0.4) is 0 Å². The second-order valence-corrected chi connectivity index (χ2v) is 6.46. The number of piperidine rings is 1. The average molecular weight is 270 g/mol. The van der Waals surface area contributed by atoms with Crippen molar-refractivity contribution < 1.29 is 4.79 Å². The summed E-state index contributed by atoms with van der Waals surface area (Å²) in [7, 11) is 0. The third-order valence-corrected chi connectivity index (χ3v) is 4.63. The Balaban J connectivity index is 1.93. The van der Waals surface area contributed by atoms with Crippen LogP contribution in [0.25, 0.3) is 10.9 Å².